The number of Topliss-reactive ketones (excluding diaryl/α,β-unsaturated/α-hetero) is 1. The smallest absolute Gasteiger partial charge is 0.256 e. The van der Waals surface area contributed by atoms with Crippen molar-refractivity contribution in [1.29, 1.82) is 0 Å². The number of phenols is 1. The van der Waals surface area contributed by atoms with E-state index in [1.165, 1.54) is 12.1 Å². The van der Waals surface area contributed by atoms with Crippen LogP contribution in [-0.2, 0) is 25.6 Å². The summed E-state index contributed by atoms with van der Waals surface area (Å²) in [5, 5.41) is 14.0. The Bertz CT molecular complexity index is 757. The van der Waals surface area contributed by atoms with E-state index in [4.69, 9.17) is 23.0 Å². The summed E-state index contributed by atoms with van der Waals surface area (Å²) in [6.07, 6.45) is 1.78. The highest BCUT2D eigenvalue weighted by atomic mass is 16.3. The van der Waals surface area contributed by atoms with Gasteiger partial charge in [-0.3, -0.25) is 24.6 Å². The van der Waals surface area contributed by atoms with Crippen molar-refractivity contribution >= 4 is 23.5 Å². The summed E-state index contributed by atoms with van der Waals surface area (Å²) in [7, 11) is 0. The van der Waals surface area contributed by atoms with E-state index >= 15 is 0 Å². The molecule has 0 unspecified atom stereocenters. The maximum atomic E-state index is 12.2. The highest BCUT2D eigenvalue weighted by molar-refractivity contribution is 6.08. The van der Waals surface area contributed by atoms with Crippen molar-refractivity contribution in [1.82, 2.24) is 16.1 Å². The van der Waals surface area contributed by atoms with Crippen LogP contribution in [0.3, 0.4) is 0 Å². The average Bonchev–Trinajstić information content (AvgIpc) is 2.76. The molecule has 1 aromatic carbocycles. The molecule has 0 radical (unpaired) electrons. The molecule has 31 heavy (non-hydrogen) atoms. The van der Waals surface area contributed by atoms with E-state index in [0.29, 0.717) is 31.4 Å². The van der Waals surface area contributed by atoms with E-state index < -0.39 is 48.2 Å². The third-order valence-corrected chi connectivity index (χ3v) is 4.52. The Morgan fingerprint density at radius 3 is 2.23 bits per heavy atom. The molecule has 3 amide bonds. The average molecular weight is 438 g/mol. The predicted octanol–water partition coefficient (Wildman–Crippen LogP) is -3.12. The first-order valence-corrected chi connectivity index (χ1v) is 9.80. The number of amides is 3. The van der Waals surface area contributed by atoms with Crippen LogP contribution in [-0.4, -0.2) is 59.8 Å². The molecule has 0 aliphatic heterocycles. The maximum Gasteiger partial charge on any atom is 0.256 e. The number of unbranched alkanes of at least 4 members (excludes halogenated alkanes) is 1. The van der Waals surface area contributed by atoms with Crippen LogP contribution < -0.4 is 39.1 Å². The molecule has 0 fully saturated rings. The van der Waals surface area contributed by atoms with Crippen molar-refractivity contribution in [2.75, 3.05) is 13.1 Å². The second-order valence-electron chi connectivity index (χ2n) is 6.99. The largest absolute Gasteiger partial charge is 0.508 e. The Morgan fingerprint density at radius 1 is 1.00 bits per heavy atom. The second kappa shape index (κ2) is 13.3. The summed E-state index contributed by atoms with van der Waals surface area (Å²) < 4.78 is 0. The number of rotatable bonds is 13. The lowest BCUT2D eigenvalue weighted by Gasteiger charge is -2.19. The molecular formula is C19H31N7O5. The summed E-state index contributed by atoms with van der Waals surface area (Å²) in [5.74, 6) is 2.39. The van der Waals surface area contributed by atoms with E-state index in [9.17, 15) is 24.3 Å². The fourth-order valence-corrected chi connectivity index (χ4v) is 2.71. The predicted molar refractivity (Wildman–Crippen MR) is 113 cm³/mol. The molecule has 0 aliphatic rings. The molecule has 0 bridgehead atoms. The van der Waals surface area contributed by atoms with Gasteiger partial charge in [0, 0.05) is 6.42 Å². The van der Waals surface area contributed by atoms with Gasteiger partial charge in [0.15, 0.2) is 5.78 Å². The van der Waals surface area contributed by atoms with Crippen LogP contribution >= 0.6 is 0 Å². The summed E-state index contributed by atoms with van der Waals surface area (Å²) in [5.41, 5.74) is 19.4. The molecule has 1 rings (SSSR count). The number of nitrogens with two attached hydrogens (primary N) is 4. The van der Waals surface area contributed by atoms with Gasteiger partial charge in [-0.2, -0.15) is 0 Å². The number of ketones is 1. The van der Waals surface area contributed by atoms with Crippen LogP contribution in [0.4, 0.5) is 0 Å². The summed E-state index contributed by atoms with van der Waals surface area (Å²) >= 11 is 0. The van der Waals surface area contributed by atoms with Crippen LogP contribution in [0.15, 0.2) is 24.3 Å². The molecule has 0 saturated carbocycles. The minimum atomic E-state index is -1.51. The monoisotopic (exact) mass is 437 g/mol. The highest BCUT2D eigenvalue weighted by Crippen LogP contribution is 2.11. The van der Waals surface area contributed by atoms with E-state index in [-0.39, 0.29) is 12.2 Å². The van der Waals surface area contributed by atoms with Gasteiger partial charge in [0.2, 0.25) is 11.8 Å². The topological polar surface area (TPSA) is 229 Å². The molecule has 0 aliphatic carbocycles. The lowest BCUT2D eigenvalue weighted by Crippen LogP contribution is -2.55. The molecule has 12 N–H and O–H groups in total. The van der Waals surface area contributed by atoms with Gasteiger partial charge in [0.25, 0.3) is 5.91 Å². The third-order valence-electron chi connectivity index (χ3n) is 4.52. The molecule has 0 heterocycles. The zero-order valence-corrected chi connectivity index (χ0v) is 17.2. The third kappa shape index (κ3) is 9.09. The first-order valence-electron chi connectivity index (χ1n) is 9.80. The van der Waals surface area contributed by atoms with Crippen molar-refractivity contribution in [3.05, 3.63) is 29.8 Å². The van der Waals surface area contributed by atoms with Crippen LogP contribution in [0.5, 0.6) is 5.75 Å². The fraction of sp³-hybridized carbons (Fsp3) is 0.474. The zero-order valence-electron chi connectivity index (χ0n) is 17.2. The quantitative estimate of drug-likeness (QED) is 0.0512. The molecule has 3 atom stereocenters. The first kappa shape index (κ1) is 26.0. The lowest BCUT2D eigenvalue weighted by molar-refractivity contribution is -0.133. The number of nitrogens with one attached hydrogen (secondary N) is 3. The van der Waals surface area contributed by atoms with Gasteiger partial charge in [-0.1, -0.05) is 18.6 Å². The number of hydrogen-bond donors (Lipinski definition) is 8. The first-order chi connectivity index (χ1) is 14.7. The summed E-state index contributed by atoms with van der Waals surface area (Å²) in [6.45, 7) is -0.0371. The summed E-state index contributed by atoms with van der Waals surface area (Å²) in [6, 6.07) is 2.61. The number of carbonyl (C=O) groups is 4. The molecule has 12 heteroatoms. The number of hydrogen-bond acceptors (Lipinski definition) is 9. The van der Waals surface area contributed by atoms with Crippen LogP contribution in [0.1, 0.15) is 24.8 Å². The van der Waals surface area contributed by atoms with Gasteiger partial charge in [-0.25, -0.2) is 5.84 Å². The number of hydrazine groups is 1. The lowest BCUT2D eigenvalue weighted by atomic mass is 10.0. The molecule has 0 spiro atoms. The van der Waals surface area contributed by atoms with E-state index in [2.05, 4.69) is 10.6 Å². The van der Waals surface area contributed by atoms with Gasteiger partial charge in [0.05, 0.1) is 12.6 Å². The Balaban J connectivity index is 2.57. The van der Waals surface area contributed by atoms with Gasteiger partial charge in [0.1, 0.15) is 17.8 Å². The fourth-order valence-electron chi connectivity index (χ4n) is 2.71. The SMILES string of the molecule is NCCCC[C@H](N)C(=O)[C@H](N)C(=O)NCC(=O)N[C@@H](Cc1ccc(O)cc1)C(=O)NN. The van der Waals surface area contributed by atoms with Crippen molar-refractivity contribution in [2.24, 2.45) is 23.0 Å². The van der Waals surface area contributed by atoms with E-state index in [1.54, 1.807) is 12.1 Å². The van der Waals surface area contributed by atoms with Gasteiger partial charge in [-0.15, -0.1) is 0 Å². The minimum absolute atomic E-state index is 0.0558. The number of carbonyl (C=O) groups excluding carboxylic acids is 4. The van der Waals surface area contributed by atoms with Crippen molar-refractivity contribution in [2.45, 2.75) is 43.8 Å². The molecule has 0 aromatic heterocycles. The zero-order chi connectivity index (χ0) is 23.4. The summed E-state index contributed by atoms with van der Waals surface area (Å²) in [4.78, 5) is 48.4. The second-order valence-corrected chi connectivity index (χ2v) is 6.99. The van der Waals surface area contributed by atoms with Gasteiger partial charge >= 0.3 is 0 Å². The van der Waals surface area contributed by atoms with Crippen molar-refractivity contribution in [3.63, 3.8) is 0 Å². The number of aromatic hydroxyl groups is 1. The van der Waals surface area contributed by atoms with Crippen LogP contribution in [0, 0.1) is 0 Å². The molecule has 172 valence electrons. The van der Waals surface area contributed by atoms with Gasteiger partial charge < -0.3 is 32.9 Å². The van der Waals surface area contributed by atoms with Crippen LogP contribution in [0.2, 0.25) is 0 Å². The van der Waals surface area contributed by atoms with Crippen LogP contribution in [0.25, 0.3) is 0 Å². The Morgan fingerprint density at radius 2 is 1.65 bits per heavy atom. The molecule has 1 aromatic rings. The Kier molecular flexibility index (Phi) is 11.1. The number of phenolic OH excluding ortho intramolecular Hbond substituents is 1. The minimum Gasteiger partial charge on any atom is -0.508 e. The Labute approximate surface area is 180 Å². The number of benzene rings is 1. The van der Waals surface area contributed by atoms with E-state index in [1.807, 2.05) is 5.43 Å². The normalized spacial score (nSPS) is 13.5. The van der Waals surface area contributed by atoms with Gasteiger partial charge in [-0.05, 0) is 37.1 Å². The Hall–Kier alpha value is -3.06. The van der Waals surface area contributed by atoms with Crippen molar-refractivity contribution < 1.29 is 24.3 Å². The van der Waals surface area contributed by atoms with Crippen molar-refractivity contribution in [3.8, 4) is 5.75 Å². The molecule has 12 nitrogen and oxygen atoms in total. The highest BCUT2D eigenvalue weighted by Gasteiger charge is 2.27. The van der Waals surface area contributed by atoms with E-state index in [0.717, 1.165) is 0 Å². The molecule has 0 saturated heterocycles. The maximum absolute atomic E-state index is 12.2. The molecular weight excluding hydrogens is 406 g/mol. The standard InChI is InChI=1S/C19H31N7O5/c20-8-2-1-3-13(21)17(29)16(22)19(31)24-10-15(28)25-14(18(30)26-23)9-11-4-6-12(27)7-5-11/h4-7,13-14,16,27H,1-3,8-10,20-23H2,(H,24,31)(H,25,28)(H,26,30)/t13-,14-,16-/m0/s1.